The molecule has 6 nitrogen and oxygen atoms in total. The van der Waals surface area contributed by atoms with Gasteiger partial charge in [-0.1, -0.05) is 12.1 Å². The lowest BCUT2D eigenvalue weighted by molar-refractivity contribution is 0.297. The van der Waals surface area contributed by atoms with Gasteiger partial charge in [0.25, 0.3) is 0 Å². The van der Waals surface area contributed by atoms with Gasteiger partial charge in [0.1, 0.15) is 0 Å². The second-order valence-electron chi connectivity index (χ2n) is 6.57. The third-order valence-electron chi connectivity index (χ3n) is 4.16. The summed E-state index contributed by atoms with van der Waals surface area (Å²) in [6, 6.07) is 12.0. The Labute approximate surface area is 177 Å². The topological polar surface area (TPSA) is 72.1 Å². The Hall–Kier alpha value is -2.16. The largest absolute Gasteiger partial charge is 0.490 e. The van der Waals surface area contributed by atoms with Crippen molar-refractivity contribution in [1.82, 2.24) is 0 Å². The Balaban J connectivity index is 0.00000261. The number of hydrogen-bond donors (Lipinski definition) is 2. The summed E-state index contributed by atoms with van der Waals surface area (Å²) in [5.74, 6) is 1.86. The van der Waals surface area contributed by atoms with Crippen LogP contribution in [0.3, 0.4) is 0 Å². The van der Waals surface area contributed by atoms with Crippen LogP contribution in [0.25, 0.3) is 0 Å². The summed E-state index contributed by atoms with van der Waals surface area (Å²) in [6.45, 7) is 3.92. The fraction of sp³-hybridized carbons (Fsp3) is 0.350. The lowest BCUT2D eigenvalue weighted by Gasteiger charge is -2.17. The minimum atomic E-state index is 0. The maximum Gasteiger partial charge on any atom is 0.193 e. The minimum Gasteiger partial charge on any atom is -0.490 e. The van der Waals surface area contributed by atoms with Crippen molar-refractivity contribution < 1.29 is 9.47 Å². The number of nitrogens with one attached hydrogen (secondary N) is 1. The number of halogens is 1. The van der Waals surface area contributed by atoms with E-state index in [0.717, 1.165) is 34.9 Å². The molecule has 1 aliphatic rings. The summed E-state index contributed by atoms with van der Waals surface area (Å²) < 4.78 is 11.3. The molecule has 3 rings (SSSR count). The van der Waals surface area contributed by atoms with E-state index in [4.69, 9.17) is 15.2 Å². The van der Waals surface area contributed by atoms with Gasteiger partial charge in [0.15, 0.2) is 17.5 Å². The van der Waals surface area contributed by atoms with Crippen LogP contribution in [-0.4, -0.2) is 33.3 Å². The van der Waals surface area contributed by atoms with Crippen LogP contribution in [0.4, 0.5) is 11.4 Å². The highest BCUT2D eigenvalue weighted by Crippen LogP contribution is 2.32. The first-order chi connectivity index (χ1) is 12.5. The molecule has 0 aromatic heterocycles. The third kappa shape index (κ3) is 5.66. The number of nitrogens with two attached hydrogens (primary N) is 1. The molecule has 146 valence electrons. The van der Waals surface area contributed by atoms with E-state index in [-0.39, 0.29) is 24.0 Å². The first-order valence-electron chi connectivity index (χ1n) is 8.76. The highest BCUT2D eigenvalue weighted by Gasteiger charge is 2.11. The van der Waals surface area contributed by atoms with Crippen molar-refractivity contribution in [3.8, 4) is 11.5 Å². The molecule has 2 aromatic rings. The molecule has 0 radical (unpaired) electrons. The number of anilines is 2. The smallest absolute Gasteiger partial charge is 0.193 e. The second-order valence-corrected chi connectivity index (χ2v) is 6.57. The number of ether oxygens (including phenoxy) is 2. The fourth-order valence-electron chi connectivity index (χ4n) is 2.82. The molecule has 1 aliphatic heterocycles. The van der Waals surface area contributed by atoms with E-state index < -0.39 is 0 Å². The summed E-state index contributed by atoms with van der Waals surface area (Å²) in [4.78, 5) is 6.57. The van der Waals surface area contributed by atoms with Crippen LogP contribution in [0.5, 0.6) is 11.5 Å². The SMILES string of the molecule is Cc1ccc(CN=C(N)Nc2ccc3c(c2)OCCCO3)c(N(C)C)c1.I. The van der Waals surface area contributed by atoms with E-state index in [1.807, 2.05) is 32.3 Å². The first-order valence-corrected chi connectivity index (χ1v) is 8.76. The van der Waals surface area contributed by atoms with Crippen molar-refractivity contribution in [2.24, 2.45) is 10.7 Å². The zero-order valence-electron chi connectivity index (χ0n) is 16.0. The average Bonchev–Trinajstić information content (AvgIpc) is 2.85. The summed E-state index contributed by atoms with van der Waals surface area (Å²) in [5.41, 5.74) is 10.4. The van der Waals surface area contributed by atoms with E-state index >= 15 is 0 Å². The molecule has 27 heavy (non-hydrogen) atoms. The van der Waals surface area contributed by atoms with E-state index in [2.05, 4.69) is 40.3 Å². The molecule has 1 heterocycles. The van der Waals surface area contributed by atoms with Gasteiger partial charge in [0.2, 0.25) is 0 Å². The molecule has 2 aromatic carbocycles. The Kier molecular flexibility index (Phi) is 7.58. The van der Waals surface area contributed by atoms with Crippen molar-refractivity contribution in [3.63, 3.8) is 0 Å². The van der Waals surface area contributed by atoms with E-state index in [9.17, 15) is 0 Å². The molecule has 0 fully saturated rings. The number of benzene rings is 2. The molecule has 0 bridgehead atoms. The van der Waals surface area contributed by atoms with Gasteiger partial charge in [-0.05, 0) is 36.2 Å². The standard InChI is InChI=1S/C20H26N4O2.HI/c1-14-5-6-15(17(11-14)24(2)3)13-22-20(21)23-16-7-8-18-19(12-16)26-10-4-9-25-18;/h5-8,11-12H,4,9-10,13H2,1-3H3,(H3,21,22,23);1H. The summed E-state index contributed by atoms with van der Waals surface area (Å²) in [7, 11) is 4.06. The number of aliphatic imine (C=N–C) groups is 1. The van der Waals surface area contributed by atoms with Gasteiger partial charge in [-0.25, -0.2) is 4.99 Å². The Morgan fingerprint density at radius 3 is 2.59 bits per heavy atom. The maximum absolute atomic E-state index is 6.07. The van der Waals surface area contributed by atoms with Crippen LogP contribution in [-0.2, 0) is 6.54 Å². The highest BCUT2D eigenvalue weighted by atomic mass is 127. The summed E-state index contributed by atoms with van der Waals surface area (Å²) in [6.07, 6.45) is 0.881. The van der Waals surface area contributed by atoms with Crippen LogP contribution in [0, 0.1) is 6.92 Å². The molecule has 0 atom stereocenters. The van der Waals surface area contributed by atoms with Crippen molar-refractivity contribution in [3.05, 3.63) is 47.5 Å². The molecule has 0 aliphatic carbocycles. The molecule has 0 spiro atoms. The lowest BCUT2D eigenvalue weighted by atomic mass is 10.1. The number of nitrogens with zero attached hydrogens (tertiary/aromatic N) is 2. The predicted molar refractivity (Wildman–Crippen MR) is 122 cm³/mol. The molecule has 0 unspecified atom stereocenters. The van der Waals surface area contributed by atoms with Gasteiger partial charge in [0, 0.05) is 38.0 Å². The minimum absolute atomic E-state index is 0. The van der Waals surface area contributed by atoms with Gasteiger partial charge in [-0.15, -0.1) is 24.0 Å². The number of guanidine groups is 1. The van der Waals surface area contributed by atoms with Gasteiger partial charge < -0.3 is 25.4 Å². The van der Waals surface area contributed by atoms with Gasteiger partial charge in [-0.2, -0.15) is 0 Å². The quantitative estimate of drug-likeness (QED) is 0.395. The van der Waals surface area contributed by atoms with Crippen molar-refractivity contribution in [2.75, 3.05) is 37.5 Å². The second kappa shape index (κ2) is 9.68. The normalized spacial score (nSPS) is 13.4. The molecule has 0 amide bonds. The monoisotopic (exact) mass is 482 g/mol. The van der Waals surface area contributed by atoms with Crippen LogP contribution in [0.1, 0.15) is 17.5 Å². The fourth-order valence-corrected chi connectivity index (χ4v) is 2.82. The van der Waals surface area contributed by atoms with Crippen LogP contribution < -0.4 is 25.4 Å². The molecule has 0 saturated heterocycles. The van der Waals surface area contributed by atoms with Crippen LogP contribution in [0.15, 0.2) is 41.4 Å². The Morgan fingerprint density at radius 2 is 1.85 bits per heavy atom. The van der Waals surface area contributed by atoms with Crippen molar-refractivity contribution in [2.45, 2.75) is 19.9 Å². The van der Waals surface area contributed by atoms with Crippen LogP contribution >= 0.6 is 24.0 Å². The molecule has 7 heteroatoms. The van der Waals surface area contributed by atoms with E-state index in [0.29, 0.717) is 25.7 Å². The van der Waals surface area contributed by atoms with Crippen molar-refractivity contribution >= 4 is 41.3 Å². The third-order valence-corrected chi connectivity index (χ3v) is 4.16. The molecular weight excluding hydrogens is 455 g/mol. The lowest BCUT2D eigenvalue weighted by Crippen LogP contribution is -2.22. The number of aryl methyl sites for hydroxylation is 1. The average molecular weight is 482 g/mol. The number of rotatable bonds is 4. The van der Waals surface area contributed by atoms with Crippen molar-refractivity contribution in [1.29, 1.82) is 0 Å². The predicted octanol–water partition coefficient (Wildman–Crippen LogP) is 3.77. The maximum atomic E-state index is 6.07. The zero-order chi connectivity index (χ0) is 18.5. The summed E-state index contributed by atoms with van der Waals surface area (Å²) in [5, 5.41) is 3.12. The molecular formula is C20H27IN4O2. The first kappa shape index (κ1) is 21.1. The number of fused-ring (bicyclic) bond motifs is 1. The Bertz CT molecular complexity index is 809. The number of hydrogen-bond acceptors (Lipinski definition) is 4. The van der Waals surface area contributed by atoms with Gasteiger partial charge in [-0.3, -0.25) is 0 Å². The van der Waals surface area contributed by atoms with Gasteiger partial charge >= 0.3 is 0 Å². The van der Waals surface area contributed by atoms with Gasteiger partial charge in [0.05, 0.1) is 19.8 Å². The molecule has 0 saturated carbocycles. The highest BCUT2D eigenvalue weighted by molar-refractivity contribution is 14.0. The summed E-state index contributed by atoms with van der Waals surface area (Å²) >= 11 is 0. The van der Waals surface area contributed by atoms with Crippen LogP contribution in [0.2, 0.25) is 0 Å². The molecule has 3 N–H and O–H groups in total. The van der Waals surface area contributed by atoms with E-state index in [1.54, 1.807) is 0 Å². The van der Waals surface area contributed by atoms with E-state index in [1.165, 1.54) is 5.56 Å². The zero-order valence-corrected chi connectivity index (χ0v) is 18.3. The Morgan fingerprint density at radius 1 is 1.11 bits per heavy atom.